The Hall–Kier alpha value is -2.88. The van der Waals surface area contributed by atoms with Crippen LogP contribution in [-0.2, 0) is 6.54 Å². The highest BCUT2D eigenvalue weighted by Crippen LogP contribution is 2.17. The highest BCUT2D eigenvalue weighted by molar-refractivity contribution is 6.09. The highest BCUT2D eigenvalue weighted by atomic mass is 16.5. The Morgan fingerprint density at radius 3 is 2.67 bits per heavy atom. The van der Waals surface area contributed by atoms with Crippen LogP contribution in [-0.4, -0.2) is 21.9 Å². The van der Waals surface area contributed by atoms with Gasteiger partial charge in [-0.2, -0.15) is 0 Å². The molecule has 4 nitrogen and oxygen atoms in total. The normalized spacial score (nSPS) is 10.5. The van der Waals surface area contributed by atoms with Crippen molar-refractivity contribution < 1.29 is 9.53 Å². The number of imidazole rings is 1. The summed E-state index contributed by atoms with van der Waals surface area (Å²) in [5.74, 6) is 0.812. The molecule has 0 spiro atoms. The van der Waals surface area contributed by atoms with Gasteiger partial charge in [0, 0.05) is 30.1 Å². The molecule has 1 heterocycles. The van der Waals surface area contributed by atoms with E-state index in [0.29, 0.717) is 24.3 Å². The van der Waals surface area contributed by atoms with Gasteiger partial charge in [-0.3, -0.25) is 4.79 Å². The maximum atomic E-state index is 12.7. The van der Waals surface area contributed by atoms with Crippen LogP contribution >= 0.6 is 0 Å². The number of hydrogen-bond donors (Lipinski definition) is 0. The molecule has 0 aliphatic heterocycles. The Morgan fingerprint density at radius 1 is 1.12 bits per heavy atom. The summed E-state index contributed by atoms with van der Waals surface area (Å²) in [7, 11) is 0. The molecular formula is C20H20N2O2. The lowest BCUT2D eigenvalue weighted by molar-refractivity contribution is 0.103. The lowest BCUT2D eigenvalue weighted by Gasteiger charge is -2.07. The third kappa shape index (κ3) is 3.90. The molecular weight excluding hydrogens is 300 g/mol. The van der Waals surface area contributed by atoms with Gasteiger partial charge in [-0.05, 0) is 42.3 Å². The van der Waals surface area contributed by atoms with Crippen LogP contribution in [0, 0.1) is 0 Å². The van der Waals surface area contributed by atoms with E-state index in [9.17, 15) is 4.79 Å². The van der Waals surface area contributed by atoms with Crippen molar-refractivity contribution in [2.24, 2.45) is 0 Å². The zero-order valence-electron chi connectivity index (χ0n) is 13.7. The minimum Gasteiger partial charge on any atom is -0.494 e. The van der Waals surface area contributed by atoms with Crippen LogP contribution in [0.25, 0.3) is 0 Å². The maximum absolute atomic E-state index is 12.7. The van der Waals surface area contributed by atoms with Gasteiger partial charge < -0.3 is 9.30 Å². The molecule has 0 atom stereocenters. The van der Waals surface area contributed by atoms with E-state index in [1.807, 2.05) is 59.3 Å². The summed E-state index contributed by atoms with van der Waals surface area (Å²) >= 11 is 0. The molecule has 0 unspecified atom stereocenters. The van der Waals surface area contributed by atoms with Crippen LogP contribution in [0.2, 0.25) is 0 Å². The van der Waals surface area contributed by atoms with Crippen LogP contribution in [0.4, 0.5) is 0 Å². The van der Waals surface area contributed by atoms with Gasteiger partial charge in [0.05, 0.1) is 12.9 Å². The highest BCUT2D eigenvalue weighted by Gasteiger charge is 2.10. The summed E-state index contributed by atoms with van der Waals surface area (Å²) in [6.45, 7) is 3.45. The van der Waals surface area contributed by atoms with Crippen LogP contribution in [0.3, 0.4) is 0 Å². The number of carbonyl (C=O) groups excluding carboxylic acids is 1. The summed E-state index contributed by atoms with van der Waals surface area (Å²) in [4.78, 5) is 16.7. The molecule has 3 rings (SSSR count). The molecule has 0 aliphatic rings. The van der Waals surface area contributed by atoms with Crippen molar-refractivity contribution in [1.82, 2.24) is 9.55 Å². The predicted molar refractivity (Wildman–Crippen MR) is 93.4 cm³/mol. The van der Waals surface area contributed by atoms with Crippen LogP contribution in [0.1, 0.15) is 34.8 Å². The van der Waals surface area contributed by atoms with Gasteiger partial charge in [0.1, 0.15) is 5.75 Å². The van der Waals surface area contributed by atoms with Crippen molar-refractivity contribution >= 4 is 5.78 Å². The number of hydrogen-bond acceptors (Lipinski definition) is 3. The first kappa shape index (κ1) is 16.0. The average Bonchev–Trinajstić information content (AvgIpc) is 3.13. The monoisotopic (exact) mass is 320 g/mol. The first-order chi connectivity index (χ1) is 11.8. The standard InChI is InChI=1S/C20H20N2O2/c1-2-12-24-19-8-6-17(7-9-19)20(23)18-5-3-4-16(13-18)14-22-11-10-21-15-22/h3-11,13,15H,2,12,14H2,1H3. The molecule has 0 amide bonds. The lowest BCUT2D eigenvalue weighted by atomic mass is 10.0. The molecule has 0 radical (unpaired) electrons. The molecule has 0 bridgehead atoms. The molecule has 0 aliphatic carbocycles. The van der Waals surface area contributed by atoms with E-state index in [0.717, 1.165) is 17.7 Å². The van der Waals surface area contributed by atoms with Crippen molar-refractivity contribution in [3.05, 3.63) is 83.9 Å². The number of benzene rings is 2. The number of rotatable bonds is 7. The Labute approximate surface area is 141 Å². The number of nitrogens with zero attached hydrogens (tertiary/aromatic N) is 2. The first-order valence-corrected chi connectivity index (χ1v) is 8.08. The van der Waals surface area contributed by atoms with E-state index in [1.54, 1.807) is 12.5 Å². The Bertz CT molecular complexity index is 793. The molecule has 4 heteroatoms. The van der Waals surface area contributed by atoms with Crippen molar-refractivity contribution in [2.75, 3.05) is 6.61 Å². The van der Waals surface area contributed by atoms with E-state index in [4.69, 9.17) is 4.74 Å². The fourth-order valence-corrected chi connectivity index (χ4v) is 2.49. The molecule has 24 heavy (non-hydrogen) atoms. The van der Waals surface area contributed by atoms with Gasteiger partial charge in [0.25, 0.3) is 0 Å². The van der Waals surface area contributed by atoms with Crippen LogP contribution in [0.15, 0.2) is 67.3 Å². The van der Waals surface area contributed by atoms with Gasteiger partial charge in [0.2, 0.25) is 0 Å². The second-order valence-electron chi connectivity index (χ2n) is 5.64. The molecule has 0 saturated heterocycles. The Balaban J connectivity index is 1.74. The summed E-state index contributed by atoms with van der Waals surface area (Å²) in [5, 5.41) is 0. The third-order valence-corrected chi connectivity index (χ3v) is 3.70. The fraction of sp³-hybridized carbons (Fsp3) is 0.200. The fourth-order valence-electron chi connectivity index (χ4n) is 2.49. The molecule has 0 N–H and O–H groups in total. The quantitative estimate of drug-likeness (QED) is 0.619. The van der Waals surface area contributed by atoms with Crippen molar-refractivity contribution in [1.29, 1.82) is 0 Å². The lowest BCUT2D eigenvalue weighted by Crippen LogP contribution is -2.04. The van der Waals surface area contributed by atoms with Crippen LogP contribution in [0.5, 0.6) is 5.75 Å². The Morgan fingerprint density at radius 2 is 1.96 bits per heavy atom. The topological polar surface area (TPSA) is 44.1 Å². The summed E-state index contributed by atoms with van der Waals surface area (Å²) < 4.78 is 7.53. The molecule has 2 aromatic carbocycles. The zero-order valence-corrected chi connectivity index (χ0v) is 13.7. The van der Waals surface area contributed by atoms with Gasteiger partial charge >= 0.3 is 0 Å². The third-order valence-electron chi connectivity index (χ3n) is 3.70. The summed E-state index contributed by atoms with van der Waals surface area (Å²) in [6.07, 6.45) is 6.38. The van der Waals surface area contributed by atoms with Gasteiger partial charge in [-0.15, -0.1) is 0 Å². The molecule has 0 fully saturated rings. The molecule has 0 saturated carbocycles. The van der Waals surface area contributed by atoms with Crippen molar-refractivity contribution in [3.8, 4) is 5.75 Å². The number of carbonyl (C=O) groups is 1. The smallest absolute Gasteiger partial charge is 0.193 e. The van der Waals surface area contributed by atoms with E-state index >= 15 is 0 Å². The minimum atomic E-state index is 0.0181. The minimum absolute atomic E-state index is 0.0181. The summed E-state index contributed by atoms with van der Waals surface area (Å²) in [6, 6.07) is 15.0. The van der Waals surface area contributed by atoms with Crippen LogP contribution < -0.4 is 4.74 Å². The SMILES string of the molecule is CCCOc1ccc(C(=O)c2cccc(Cn3ccnc3)c2)cc1. The van der Waals surface area contributed by atoms with Crippen molar-refractivity contribution in [2.45, 2.75) is 19.9 Å². The van der Waals surface area contributed by atoms with E-state index in [1.165, 1.54) is 0 Å². The maximum Gasteiger partial charge on any atom is 0.193 e. The van der Waals surface area contributed by atoms with Gasteiger partial charge in [0.15, 0.2) is 5.78 Å². The zero-order chi connectivity index (χ0) is 16.8. The van der Waals surface area contributed by atoms with Gasteiger partial charge in [-0.1, -0.05) is 25.1 Å². The largest absolute Gasteiger partial charge is 0.494 e. The molecule has 122 valence electrons. The molecule has 1 aromatic heterocycles. The average molecular weight is 320 g/mol. The number of ketones is 1. The second-order valence-corrected chi connectivity index (χ2v) is 5.64. The predicted octanol–water partition coefficient (Wildman–Crippen LogP) is 3.95. The van der Waals surface area contributed by atoms with E-state index < -0.39 is 0 Å². The first-order valence-electron chi connectivity index (χ1n) is 8.08. The number of aromatic nitrogens is 2. The van der Waals surface area contributed by atoms with Gasteiger partial charge in [-0.25, -0.2) is 4.98 Å². The second kappa shape index (κ2) is 7.59. The van der Waals surface area contributed by atoms with E-state index in [2.05, 4.69) is 11.9 Å². The molecule has 3 aromatic rings. The number of ether oxygens (including phenoxy) is 1. The summed E-state index contributed by atoms with van der Waals surface area (Å²) in [5.41, 5.74) is 2.43. The van der Waals surface area contributed by atoms with E-state index in [-0.39, 0.29) is 5.78 Å². The Kier molecular flexibility index (Phi) is 5.06. The van der Waals surface area contributed by atoms with Crippen molar-refractivity contribution in [3.63, 3.8) is 0 Å².